The number of carboxylic acid groups (broad SMARTS) is 1. The Labute approximate surface area is 108 Å². The standard InChI is InChI=1S/C12H12N2O5/c1-19-12(18)7-2-3-9(13-5-7)14-6-8(11(16)17)4-10(14)15/h2-3,5,8H,4,6H2,1H3,(H,16,17). The molecule has 1 fully saturated rings. The summed E-state index contributed by atoms with van der Waals surface area (Å²) in [5.74, 6) is -2.18. The van der Waals surface area contributed by atoms with Crippen LogP contribution >= 0.6 is 0 Å². The second-order valence-electron chi connectivity index (χ2n) is 4.14. The normalized spacial score (nSPS) is 18.5. The maximum atomic E-state index is 11.7. The molecule has 7 nitrogen and oxygen atoms in total. The van der Waals surface area contributed by atoms with Crippen molar-refractivity contribution in [2.45, 2.75) is 6.42 Å². The van der Waals surface area contributed by atoms with Gasteiger partial charge in [0.1, 0.15) is 5.82 Å². The lowest BCUT2D eigenvalue weighted by Crippen LogP contribution is -2.26. The SMILES string of the molecule is COC(=O)c1ccc(N2CC(C(=O)O)CC2=O)nc1. The zero-order valence-corrected chi connectivity index (χ0v) is 10.2. The van der Waals surface area contributed by atoms with Crippen molar-refractivity contribution in [1.82, 2.24) is 4.98 Å². The molecule has 0 saturated carbocycles. The molecule has 0 aromatic carbocycles. The fourth-order valence-corrected chi connectivity index (χ4v) is 1.88. The van der Waals surface area contributed by atoms with Crippen LogP contribution in [0.25, 0.3) is 0 Å². The third-order valence-corrected chi connectivity index (χ3v) is 2.92. The third-order valence-electron chi connectivity index (χ3n) is 2.92. The summed E-state index contributed by atoms with van der Waals surface area (Å²) in [5, 5.41) is 8.88. The van der Waals surface area contributed by atoms with Gasteiger partial charge >= 0.3 is 11.9 Å². The molecule has 0 spiro atoms. The molecule has 1 N–H and O–H groups in total. The highest BCUT2D eigenvalue weighted by Gasteiger charge is 2.35. The Kier molecular flexibility index (Phi) is 3.46. The Hall–Kier alpha value is -2.44. The number of aliphatic carboxylic acids is 1. The van der Waals surface area contributed by atoms with E-state index < -0.39 is 17.9 Å². The van der Waals surface area contributed by atoms with E-state index in [0.29, 0.717) is 5.82 Å². The summed E-state index contributed by atoms with van der Waals surface area (Å²) >= 11 is 0. The summed E-state index contributed by atoms with van der Waals surface area (Å²) in [4.78, 5) is 39.1. The topological polar surface area (TPSA) is 96.8 Å². The number of pyridine rings is 1. The molecule has 1 aromatic heterocycles. The summed E-state index contributed by atoms with van der Waals surface area (Å²) in [5.41, 5.74) is 0.271. The Morgan fingerprint density at radius 2 is 2.21 bits per heavy atom. The zero-order chi connectivity index (χ0) is 14.0. The van der Waals surface area contributed by atoms with Crippen LogP contribution < -0.4 is 4.90 Å². The molecule has 0 bridgehead atoms. The first kappa shape index (κ1) is 13.0. The molecule has 7 heteroatoms. The van der Waals surface area contributed by atoms with Gasteiger partial charge in [-0.05, 0) is 12.1 Å². The van der Waals surface area contributed by atoms with Gasteiger partial charge in [0.15, 0.2) is 0 Å². The summed E-state index contributed by atoms with van der Waals surface area (Å²) in [6.45, 7) is 0.0960. The Bertz CT molecular complexity index is 525. The minimum atomic E-state index is -0.998. The van der Waals surface area contributed by atoms with Gasteiger partial charge in [-0.25, -0.2) is 9.78 Å². The highest BCUT2D eigenvalue weighted by molar-refractivity contribution is 5.98. The van der Waals surface area contributed by atoms with E-state index in [-0.39, 0.29) is 24.4 Å². The van der Waals surface area contributed by atoms with Gasteiger partial charge in [-0.15, -0.1) is 0 Å². The molecule has 1 atom stereocenters. The van der Waals surface area contributed by atoms with Crippen molar-refractivity contribution in [3.63, 3.8) is 0 Å². The summed E-state index contributed by atoms with van der Waals surface area (Å²) in [6.07, 6.45) is 1.26. The molecule has 1 unspecified atom stereocenters. The van der Waals surface area contributed by atoms with E-state index in [4.69, 9.17) is 5.11 Å². The van der Waals surface area contributed by atoms with Crippen molar-refractivity contribution >= 4 is 23.7 Å². The first-order valence-corrected chi connectivity index (χ1v) is 5.60. The van der Waals surface area contributed by atoms with Gasteiger partial charge < -0.3 is 9.84 Å². The van der Waals surface area contributed by atoms with E-state index in [9.17, 15) is 14.4 Å². The second-order valence-corrected chi connectivity index (χ2v) is 4.14. The first-order valence-electron chi connectivity index (χ1n) is 5.60. The number of nitrogens with zero attached hydrogens (tertiary/aromatic N) is 2. The van der Waals surface area contributed by atoms with Gasteiger partial charge in [0.2, 0.25) is 5.91 Å². The molecule has 1 aliphatic rings. The number of anilines is 1. The monoisotopic (exact) mass is 264 g/mol. The molecule has 100 valence electrons. The van der Waals surface area contributed by atoms with Crippen LogP contribution in [-0.4, -0.2) is 41.6 Å². The molecule has 1 aromatic rings. The highest BCUT2D eigenvalue weighted by Crippen LogP contribution is 2.23. The van der Waals surface area contributed by atoms with Gasteiger partial charge in [-0.3, -0.25) is 14.5 Å². The number of aromatic nitrogens is 1. The number of rotatable bonds is 3. The van der Waals surface area contributed by atoms with Gasteiger partial charge in [0.25, 0.3) is 0 Å². The minimum Gasteiger partial charge on any atom is -0.481 e. The predicted octanol–water partition coefficient (Wildman–Crippen LogP) is 0.306. The van der Waals surface area contributed by atoms with Crippen molar-refractivity contribution in [3.05, 3.63) is 23.9 Å². The summed E-state index contributed by atoms with van der Waals surface area (Å²) in [7, 11) is 1.26. The van der Waals surface area contributed by atoms with Gasteiger partial charge in [0.05, 0.1) is 18.6 Å². The van der Waals surface area contributed by atoms with Crippen molar-refractivity contribution < 1.29 is 24.2 Å². The van der Waals surface area contributed by atoms with E-state index in [1.54, 1.807) is 0 Å². The number of ether oxygens (including phenoxy) is 1. The van der Waals surface area contributed by atoms with Crippen LogP contribution in [0.2, 0.25) is 0 Å². The molecule has 2 rings (SSSR count). The predicted molar refractivity (Wildman–Crippen MR) is 63.7 cm³/mol. The molecule has 0 radical (unpaired) electrons. The number of carbonyl (C=O) groups is 3. The van der Waals surface area contributed by atoms with Crippen molar-refractivity contribution in [3.8, 4) is 0 Å². The molecule has 2 heterocycles. The van der Waals surface area contributed by atoms with Crippen molar-refractivity contribution in [2.75, 3.05) is 18.6 Å². The van der Waals surface area contributed by atoms with E-state index in [1.807, 2.05) is 0 Å². The number of esters is 1. The van der Waals surface area contributed by atoms with E-state index >= 15 is 0 Å². The zero-order valence-electron chi connectivity index (χ0n) is 10.2. The number of methoxy groups -OCH3 is 1. The van der Waals surface area contributed by atoms with Crippen molar-refractivity contribution in [1.29, 1.82) is 0 Å². The van der Waals surface area contributed by atoms with Gasteiger partial charge in [-0.2, -0.15) is 0 Å². The number of carbonyl (C=O) groups excluding carboxylic acids is 2. The Morgan fingerprint density at radius 3 is 2.68 bits per heavy atom. The first-order chi connectivity index (χ1) is 9.02. The lowest BCUT2D eigenvalue weighted by atomic mass is 10.1. The van der Waals surface area contributed by atoms with Crippen molar-refractivity contribution in [2.24, 2.45) is 5.92 Å². The average Bonchev–Trinajstić information content (AvgIpc) is 2.80. The molecular weight excluding hydrogens is 252 g/mol. The smallest absolute Gasteiger partial charge is 0.339 e. The average molecular weight is 264 g/mol. The second kappa shape index (κ2) is 5.05. The van der Waals surface area contributed by atoms with Gasteiger partial charge in [-0.1, -0.05) is 0 Å². The molecular formula is C12H12N2O5. The Morgan fingerprint density at radius 1 is 1.47 bits per heavy atom. The third kappa shape index (κ3) is 2.54. The van der Waals surface area contributed by atoms with E-state index in [2.05, 4.69) is 9.72 Å². The van der Waals surface area contributed by atoms with Crippen LogP contribution in [0.3, 0.4) is 0 Å². The fraction of sp³-hybridized carbons (Fsp3) is 0.333. The van der Waals surface area contributed by atoms with Gasteiger partial charge in [0, 0.05) is 19.2 Å². The number of carboxylic acids is 1. The number of hydrogen-bond donors (Lipinski definition) is 1. The maximum absolute atomic E-state index is 11.7. The summed E-state index contributed by atoms with van der Waals surface area (Å²) < 4.78 is 4.53. The van der Waals surface area contributed by atoms with Crippen LogP contribution in [0.5, 0.6) is 0 Å². The maximum Gasteiger partial charge on any atom is 0.339 e. The molecule has 1 saturated heterocycles. The highest BCUT2D eigenvalue weighted by atomic mass is 16.5. The minimum absolute atomic E-state index is 0.0320. The number of hydrogen-bond acceptors (Lipinski definition) is 5. The lowest BCUT2D eigenvalue weighted by Gasteiger charge is -2.14. The quantitative estimate of drug-likeness (QED) is 0.789. The van der Waals surface area contributed by atoms with E-state index in [0.717, 1.165) is 0 Å². The molecule has 1 amide bonds. The lowest BCUT2D eigenvalue weighted by molar-refractivity contribution is -0.141. The van der Waals surface area contributed by atoms with Crippen LogP contribution in [0.1, 0.15) is 16.8 Å². The van der Waals surface area contributed by atoms with Crippen LogP contribution in [0.4, 0.5) is 5.82 Å². The fourth-order valence-electron chi connectivity index (χ4n) is 1.88. The van der Waals surface area contributed by atoms with E-state index in [1.165, 1.54) is 30.3 Å². The van der Waals surface area contributed by atoms with Crippen LogP contribution in [-0.2, 0) is 14.3 Å². The molecule has 1 aliphatic heterocycles. The Balaban J connectivity index is 2.17. The molecule has 0 aliphatic carbocycles. The number of amides is 1. The largest absolute Gasteiger partial charge is 0.481 e. The summed E-state index contributed by atoms with van der Waals surface area (Å²) in [6, 6.07) is 2.98. The molecule has 19 heavy (non-hydrogen) atoms. The van der Waals surface area contributed by atoms with Crippen LogP contribution in [0, 0.1) is 5.92 Å². The van der Waals surface area contributed by atoms with Crippen LogP contribution in [0.15, 0.2) is 18.3 Å².